The molecule has 0 unspecified atom stereocenters. The quantitative estimate of drug-likeness (QED) is 0.359. The third kappa shape index (κ3) is 3.56. The Morgan fingerprint density at radius 1 is 1.38 bits per heavy atom. The van der Waals surface area contributed by atoms with Gasteiger partial charge in [0.2, 0.25) is 11.8 Å². The van der Waals surface area contributed by atoms with Crippen LogP contribution >= 0.6 is 0 Å². The van der Waals surface area contributed by atoms with Gasteiger partial charge in [0.25, 0.3) is 0 Å². The van der Waals surface area contributed by atoms with Crippen molar-refractivity contribution in [3.05, 3.63) is 15.8 Å². The molecule has 1 aromatic heterocycles. The molecule has 21 heavy (non-hydrogen) atoms. The maximum atomic E-state index is 11.1. The second kappa shape index (κ2) is 6.19. The summed E-state index contributed by atoms with van der Waals surface area (Å²) in [7, 11) is 0. The topological polar surface area (TPSA) is 139 Å². The fourth-order valence-corrected chi connectivity index (χ4v) is 2.61. The number of nitro groups is 1. The number of hydrogen-bond donors (Lipinski definition) is 4. The Morgan fingerprint density at radius 2 is 2.05 bits per heavy atom. The molecule has 0 radical (unpaired) electrons. The van der Waals surface area contributed by atoms with Crippen LogP contribution in [-0.2, 0) is 0 Å². The molecule has 9 nitrogen and oxygen atoms in total. The summed E-state index contributed by atoms with van der Waals surface area (Å²) in [5.41, 5.74) is 1.44. The van der Waals surface area contributed by atoms with Gasteiger partial charge in [0.1, 0.15) is 5.69 Å². The number of rotatable bonds is 5. The molecule has 2 rings (SSSR count). The van der Waals surface area contributed by atoms with Crippen LogP contribution in [-0.4, -0.2) is 32.1 Å². The summed E-state index contributed by atoms with van der Waals surface area (Å²) in [4.78, 5) is 18.5. The first-order chi connectivity index (χ1) is 9.95. The van der Waals surface area contributed by atoms with Crippen LogP contribution in [0, 0.1) is 17.0 Å². The molecule has 1 aromatic rings. The molecule has 116 valence electrons. The van der Waals surface area contributed by atoms with Crippen molar-refractivity contribution >= 4 is 17.5 Å². The molecular weight excluding hydrogens is 276 g/mol. The van der Waals surface area contributed by atoms with Gasteiger partial charge in [-0.05, 0) is 19.8 Å². The predicted octanol–water partition coefficient (Wildman–Crippen LogP) is 1.09. The van der Waals surface area contributed by atoms with E-state index in [0.717, 1.165) is 19.3 Å². The van der Waals surface area contributed by atoms with E-state index in [-0.39, 0.29) is 29.7 Å². The lowest BCUT2D eigenvalue weighted by atomic mass is 9.85. The standard InChI is InChI=1S/C12H20N6O3/c1-8-9(18(20)21)10(16-11(15-8)17-13)14-7-12(19)5-3-2-4-6-12/h19H,2-7,13H2,1H3,(H2,14,15,16,17). The van der Waals surface area contributed by atoms with E-state index in [1.807, 2.05) is 0 Å². The second-order valence-corrected chi connectivity index (χ2v) is 5.37. The summed E-state index contributed by atoms with van der Waals surface area (Å²) in [6.45, 7) is 1.73. The number of aromatic nitrogens is 2. The van der Waals surface area contributed by atoms with Gasteiger partial charge in [0, 0.05) is 6.54 Å². The molecule has 1 aliphatic rings. The summed E-state index contributed by atoms with van der Waals surface area (Å²) >= 11 is 0. The van der Waals surface area contributed by atoms with Gasteiger partial charge in [-0.25, -0.2) is 10.8 Å². The van der Waals surface area contributed by atoms with E-state index in [0.29, 0.717) is 12.8 Å². The lowest BCUT2D eigenvalue weighted by Crippen LogP contribution is -2.39. The molecule has 0 aliphatic heterocycles. The Kier molecular flexibility index (Phi) is 4.53. The van der Waals surface area contributed by atoms with Crippen molar-refractivity contribution in [2.45, 2.75) is 44.6 Å². The van der Waals surface area contributed by atoms with Gasteiger partial charge >= 0.3 is 5.69 Å². The maximum absolute atomic E-state index is 11.1. The van der Waals surface area contributed by atoms with Crippen molar-refractivity contribution in [3.8, 4) is 0 Å². The van der Waals surface area contributed by atoms with E-state index in [1.165, 1.54) is 6.92 Å². The highest BCUT2D eigenvalue weighted by atomic mass is 16.6. The van der Waals surface area contributed by atoms with Gasteiger partial charge in [-0.2, -0.15) is 4.98 Å². The van der Waals surface area contributed by atoms with Crippen molar-refractivity contribution < 1.29 is 10.0 Å². The summed E-state index contributed by atoms with van der Waals surface area (Å²) in [5, 5.41) is 24.5. The van der Waals surface area contributed by atoms with Gasteiger partial charge in [-0.3, -0.25) is 15.5 Å². The largest absolute Gasteiger partial charge is 0.388 e. The third-order valence-corrected chi connectivity index (χ3v) is 3.74. The first-order valence-corrected chi connectivity index (χ1v) is 6.91. The van der Waals surface area contributed by atoms with E-state index in [4.69, 9.17) is 5.84 Å². The monoisotopic (exact) mass is 296 g/mol. The Hall–Kier alpha value is -2.00. The number of nitrogens with two attached hydrogens (primary N) is 1. The third-order valence-electron chi connectivity index (χ3n) is 3.74. The van der Waals surface area contributed by atoms with Gasteiger partial charge in [-0.15, -0.1) is 0 Å². The first kappa shape index (κ1) is 15.4. The van der Waals surface area contributed by atoms with Crippen LogP contribution in [0.2, 0.25) is 0 Å². The molecule has 0 aromatic carbocycles. The predicted molar refractivity (Wildman–Crippen MR) is 77.8 cm³/mol. The Labute approximate surface area is 122 Å². The lowest BCUT2D eigenvalue weighted by molar-refractivity contribution is -0.385. The van der Waals surface area contributed by atoms with Gasteiger partial charge < -0.3 is 10.4 Å². The molecule has 9 heteroatoms. The van der Waals surface area contributed by atoms with Crippen molar-refractivity contribution in [3.63, 3.8) is 0 Å². The van der Waals surface area contributed by atoms with Crippen molar-refractivity contribution in [1.82, 2.24) is 9.97 Å². The van der Waals surface area contributed by atoms with E-state index in [9.17, 15) is 15.2 Å². The van der Waals surface area contributed by atoms with Gasteiger partial charge in [0.15, 0.2) is 0 Å². The zero-order valence-electron chi connectivity index (χ0n) is 11.9. The highest BCUT2D eigenvalue weighted by molar-refractivity contribution is 5.60. The molecule has 1 saturated carbocycles. The number of nitrogen functional groups attached to an aromatic ring is 1. The van der Waals surface area contributed by atoms with Crippen LogP contribution in [0.1, 0.15) is 37.8 Å². The Bertz CT molecular complexity index is 530. The minimum Gasteiger partial charge on any atom is -0.388 e. The number of nitrogens with zero attached hydrogens (tertiary/aromatic N) is 3. The van der Waals surface area contributed by atoms with Crippen LogP contribution in [0.25, 0.3) is 0 Å². The molecule has 0 saturated heterocycles. The smallest absolute Gasteiger partial charge is 0.332 e. The number of hydrogen-bond acceptors (Lipinski definition) is 8. The minimum atomic E-state index is -0.846. The van der Waals surface area contributed by atoms with Gasteiger partial charge in [0.05, 0.1) is 10.5 Å². The van der Waals surface area contributed by atoms with E-state index >= 15 is 0 Å². The number of aryl methyl sites for hydroxylation is 1. The van der Waals surface area contributed by atoms with E-state index in [2.05, 4.69) is 20.7 Å². The molecular formula is C12H20N6O3. The van der Waals surface area contributed by atoms with Crippen LogP contribution in [0.5, 0.6) is 0 Å². The van der Waals surface area contributed by atoms with E-state index < -0.39 is 10.5 Å². The van der Waals surface area contributed by atoms with Crippen molar-refractivity contribution in [1.29, 1.82) is 0 Å². The van der Waals surface area contributed by atoms with Crippen LogP contribution < -0.4 is 16.6 Å². The number of nitrogens with one attached hydrogen (secondary N) is 2. The van der Waals surface area contributed by atoms with Crippen molar-refractivity contribution in [2.75, 3.05) is 17.3 Å². The lowest BCUT2D eigenvalue weighted by Gasteiger charge is -2.32. The number of aliphatic hydroxyl groups is 1. The average molecular weight is 296 g/mol. The molecule has 1 fully saturated rings. The number of hydrazine groups is 1. The number of anilines is 2. The fourth-order valence-electron chi connectivity index (χ4n) is 2.61. The minimum absolute atomic E-state index is 0.0689. The Balaban J connectivity index is 2.21. The molecule has 1 aliphatic carbocycles. The summed E-state index contributed by atoms with van der Waals surface area (Å²) in [6, 6.07) is 0. The Morgan fingerprint density at radius 3 is 2.62 bits per heavy atom. The van der Waals surface area contributed by atoms with Crippen molar-refractivity contribution in [2.24, 2.45) is 5.84 Å². The van der Waals surface area contributed by atoms with E-state index in [1.54, 1.807) is 0 Å². The zero-order valence-corrected chi connectivity index (χ0v) is 11.9. The normalized spacial score (nSPS) is 17.3. The van der Waals surface area contributed by atoms with Crippen LogP contribution in [0.15, 0.2) is 0 Å². The maximum Gasteiger partial charge on any atom is 0.332 e. The van der Waals surface area contributed by atoms with Crippen LogP contribution in [0.3, 0.4) is 0 Å². The molecule has 0 amide bonds. The summed E-state index contributed by atoms with van der Waals surface area (Å²) in [6.07, 6.45) is 4.38. The molecule has 5 N–H and O–H groups in total. The zero-order chi connectivity index (χ0) is 15.5. The molecule has 0 spiro atoms. The van der Waals surface area contributed by atoms with Crippen LogP contribution in [0.4, 0.5) is 17.5 Å². The molecule has 0 atom stereocenters. The summed E-state index contributed by atoms with van der Waals surface area (Å²) in [5.74, 6) is 5.42. The second-order valence-electron chi connectivity index (χ2n) is 5.37. The average Bonchev–Trinajstić information content (AvgIpc) is 2.45. The fraction of sp³-hybridized carbons (Fsp3) is 0.667. The highest BCUT2D eigenvalue weighted by Gasteiger charge is 2.30. The summed E-state index contributed by atoms with van der Waals surface area (Å²) < 4.78 is 0. The van der Waals surface area contributed by atoms with Gasteiger partial charge in [-0.1, -0.05) is 19.3 Å². The first-order valence-electron chi connectivity index (χ1n) is 6.91. The molecule has 0 bridgehead atoms. The molecule has 1 heterocycles. The SMILES string of the molecule is Cc1nc(NN)nc(NCC2(O)CCCCC2)c1[N+](=O)[O-]. The highest BCUT2D eigenvalue weighted by Crippen LogP contribution is 2.31.